The Morgan fingerprint density at radius 1 is 1.30 bits per heavy atom. The molecule has 0 bridgehead atoms. The average molecular weight is 295 g/mol. The lowest BCUT2D eigenvalue weighted by Gasteiger charge is -1.99. The first-order valence-electron chi connectivity index (χ1n) is 5.66. The van der Waals surface area contributed by atoms with Gasteiger partial charge in [0, 0.05) is 13.1 Å². The molecule has 104 valence electrons. The van der Waals surface area contributed by atoms with Crippen LogP contribution in [0.4, 0.5) is 8.78 Å². The van der Waals surface area contributed by atoms with Crippen molar-refractivity contribution in [3.05, 3.63) is 47.7 Å². The fraction of sp³-hybridized carbons (Fsp3) is 0.0769. The minimum atomic E-state index is -0.683. The molecule has 0 saturated heterocycles. The Balaban J connectivity index is 2.14. The van der Waals surface area contributed by atoms with E-state index in [9.17, 15) is 8.78 Å². The summed E-state index contributed by atoms with van der Waals surface area (Å²) in [7, 11) is 1.66. The van der Waals surface area contributed by atoms with Crippen LogP contribution in [0.5, 0.6) is 0 Å². The van der Waals surface area contributed by atoms with Gasteiger partial charge in [0.15, 0.2) is 5.11 Å². The quantitative estimate of drug-likeness (QED) is 0.519. The lowest BCUT2D eigenvalue weighted by molar-refractivity contribution is 0.556. The predicted molar refractivity (Wildman–Crippen MR) is 76.4 cm³/mol. The molecule has 0 atom stereocenters. The van der Waals surface area contributed by atoms with Crippen LogP contribution in [-0.4, -0.2) is 18.4 Å². The van der Waals surface area contributed by atoms with E-state index in [-0.39, 0.29) is 5.56 Å². The van der Waals surface area contributed by atoms with E-state index >= 15 is 0 Å². The van der Waals surface area contributed by atoms with E-state index in [0.29, 0.717) is 16.6 Å². The van der Waals surface area contributed by atoms with Crippen LogP contribution in [0, 0.1) is 11.6 Å². The van der Waals surface area contributed by atoms with Crippen molar-refractivity contribution >= 4 is 23.5 Å². The Morgan fingerprint density at radius 2 is 2.10 bits per heavy atom. The second kappa shape index (κ2) is 6.25. The van der Waals surface area contributed by atoms with Gasteiger partial charge in [-0.05, 0) is 36.5 Å². The summed E-state index contributed by atoms with van der Waals surface area (Å²) < 4.78 is 31.8. The maximum absolute atomic E-state index is 13.6. The van der Waals surface area contributed by atoms with Gasteiger partial charge in [-0.1, -0.05) is 0 Å². The summed E-state index contributed by atoms with van der Waals surface area (Å²) in [5.74, 6) is -0.614. The molecule has 0 saturated carbocycles. The van der Waals surface area contributed by atoms with Gasteiger partial charge in [0.2, 0.25) is 0 Å². The Bertz CT molecular complexity index is 655. The van der Waals surface area contributed by atoms with Crippen molar-refractivity contribution in [2.45, 2.75) is 0 Å². The largest absolute Gasteiger partial charge is 0.455 e. The van der Waals surface area contributed by atoms with Gasteiger partial charge in [0.1, 0.15) is 23.2 Å². The molecule has 20 heavy (non-hydrogen) atoms. The first kappa shape index (κ1) is 14.1. The first-order valence-corrected chi connectivity index (χ1v) is 6.07. The highest BCUT2D eigenvalue weighted by molar-refractivity contribution is 7.80. The molecule has 0 spiro atoms. The Labute approximate surface area is 119 Å². The third-order valence-corrected chi connectivity index (χ3v) is 2.70. The molecule has 0 amide bonds. The minimum Gasteiger partial charge on any atom is -0.455 e. The summed E-state index contributed by atoms with van der Waals surface area (Å²) in [5.41, 5.74) is 2.74. The number of furan rings is 1. The smallest absolute Gasteiger partial charge is 0.186 e. The number of halogens is 2. The molecule has 7 heteroatoms. The molecule has 0 unspecified atom stereocenters. The highest BCUT2D eigenvalue weighted by Crippen LogP contribution is 2.24. The van der Waals surface area contributed by atoms with Crippen LogP contribution in [0.1, 0.15) is 5.76 Å². The SMILES string of the molecule is CNC(=S)N/N=C\c1ccc(-c2ccc(F)cc2F)o1. The number of hydrogen-bond acceptors (Lipinski definition) is 3. The predicted octanol–water partition coefficient (Wildman–Crippen LogP) is 2.65. The van der Waals surface area contributed by atoms with Crippen LogP contribution < -0.4 is 10.7 Å². The molecule has 4 nitrogen and oxygen atoms in total. The number of rotatable bonds is 3. The fourth-order valence-corrected chi connectivity index (χ4v) is 1.52. The van der Waals surface area contributed by atoms with Crippen molar-refractivity contribution in [1.29, 1.82) is 0 Å². The van der Waals surface area contributed by atoms with Crippen LogP contribution in [0.15, 0.2) is 39.9 Å². The maximum Gasteiger partial charge on any atom is 0.186 e. The summed E-state index contributed by atoms with van der Waals surface area (Å²) in [6.45, 7) is 0. The monoisotopic (exact) mass is 295 g/mol. The van der Waals surface area contributed by atoms with Gasteiger partial charge in [0.05, 0.1) is 11.8 Å². The maximum atomic E-state index is 13.6. The fourth-order valence-electron chi connectivity index (χ4n) is 1.47. The number of nitrogens with zero attached hydrogens (tertiary/aromatic N) is 1. The van der Waals surface area contributed by atoms with E-state index in [0.717, 1.165) is 6.07 Å². The van der Waals surface area contributed by atoms with Crippen molar-refractivity contribution in [2.24, 2.45) is 5.10 Å². The Morgan fingerprint density at radius 3 is 2.80 bits per heavy atom. The molecule has 0 radical (unpaired) electrons. The second-order valence-corrected chi connectivity index (χ2v) is 4.18. The summed E-state index contributed by atoms with van der Waals surface area (Å²) >= 11 is 4.83. The van der Waals surface area contributed by atoms with Crippen molar-refractivity contribution < 1.29 is 13.2 Å². The molecule has 2 N–H and O–H groups in total. The lowest BCUT2D eigenvalue weighted by atomic mass is 10.1. The zero-order valence-electron chi connectivity index (χ0n) is 10.5. The number of nitrogens with one attached hydrogen (secondary N) is 2. The minimum absolute atomic E-state index is 0.185. The van der Waals surface area contributed by atoms with Gasteiger partial charge in [-0.2, -0.15) is 5.10 Å². The van der Waals surface area contributed by atoms with E-state index in [1.165, 1.54) is 18.3 Å². The summed E-state index contributed by atoms with van der Waals surface area (Å²) in [6.07, 6.45) is 1.40. The summed E-state index contributed by atoms with van der Waals surface area (Å²) in [5, 5.41) is 6.87. The van der Waals surface area contributed by atoms with E-state index in [4.69, 9.17) is 16.6 Å². The standard InChI is InChI=1S/C13H11F2N3OS/c1-16-13(20)18-17-7-9-3-5-12(19-9)10-4-2-8(14)6-11(10)15/h2-7H,1H3,(H2,16,18,20)/b17-7-. The normalized spacial score (nSPS) is 10.8. The zero-order chi connectivity index (χ0) is 14.5. The Hall–Kier alpha value is -2.28. The third-order valence-electron chi connectivity index (χ3n) is 2.41. The zero-order valence-corrected chi connectivity index (χ0v) is 11.3. The van der Waals surface area contributed by atoms with E-state index in [1.54, 1.807) is 19.2 Å². The summed E-state index contributed by atoms with van der Waals surface area (Å²) in [6, 6.07) is 6.48. The van der Waals surface area contributed by atoms with Gasteiger partial charge in [-0.15, -0.1) is 0 Å². The topological polar surface area (TPSA) is 49.6 Å². The van der Waals surface area contributed by atoms with Gasteiger partial charge in [-0.25, -0.2) is 8.78 Å². The highest BCUT2D eigenvalue weighted by atomic mass is 32.1. The molecule has 1 heterocycles. The average Bonchev–Trinajstić information content (AvgIpc) is 2.87. The van der Waals surface area contributed by atoms with Crippen molar-refractivity contribution in [1.82, 2.24) is 10.7 Å². The number of benzene rings is 1. The molecule has 0 fully saturated rings. The van der Waals surface area contributed by atoms with Crippen molar-refractivity contribution in [3.8, 4) is 11.3 Å². The first-order chi connectivity index (χ1) is 9.60. The van der Waals surface area contributed by atoms with Gasteiger partial charge in [0.25, 0.3) is 0 Å². The lowest BCUT2D eigenvalue weighted by Crippen LogP contribution is -2.28. The number of thiocarbonyl (C=S) groups is 1. The highest BCUT2D eigenvalue weighted by Gasteiger charge is 2.10. The number of hydrazone groups is 1. The van der Waals surface area contributed by atoms with Gasteiger partial charge >= 0.3 is 0 Å². The van der Waals surface area contributed by atoms with Crippen LogP contribution in [0.25, 0.3) is 11.3 Å². The second-order valence-electron chi connectivity index (χ2n) is 3.78. The van der Waals surface area contributed by atoms with Gasteiger partial charge in [-0.3, -0.25) is 5.43 Å². The van der Waals surface area contributed by atoms with E-state index in [2.05, 4.69) is 15.8 Å². The van der Waals surface area contributed by atoms with Crippen molar-refractivity contribution in [2.75, 3.05) is 7.05 Å². The van der Waals surface area contributed by atoms with Crippen LogP contribution in [0.3, 0.4) is 0 Å². The molecular formula is C13H11F2N3OS. The van der Waals surface area contributed by atoms with E-state index in [1.807, 2.05) is 0 Å². The molecule has 1 aromatic carbocycles. The third kappa shape index (κ3) is 3.39. The molecule has 0 aliphatic carbocycles. The number of hydrogen-bond donors (Lipinski definition) is 2. The van der Waals surface area contributed by atoms with Crippen molar-refractivity contribution in [3.63, 3.8) is 0 Å². The molecular weight excluding hydrogens is 284 g/mol. The van der Waals surface area contributed by atoms with Gasteiger partial charge < -0.3 is 9.73 Å². The van der Waals surface area contributed by atoms with Crippen LogP contribution in [0.2, 0.25) is 0 Å². The van der Waals surface area contributed by atoms with Crippen LogP contribution >= 0.6 is 12.2 Å². The molecule has 1 aromatic heterocycles. The van der Waals surface area contributed by atoms with E-state index < -0.39 is 11.6 Å². The molecule has 0 aliphatic heterocycles. The molecule has 2 aromatic rings. The van der Waals surface area contributed by atoms with Crippen LogP contribution in [-0.2, 0) is 0 Å². The molecule has 2 rings (SSSR count). The molecule has 0 aliphatic rings. The Kier molecular flexibility index (Phi) is 4.41. The summed E-state index contributed by atoms with van der Waals surface area (Å²) in [4.78, 5) is 0.